The fraction of sp³-hybridized carbons (Fsp3) is 0.381. The molecule has 1 atom stereocenters. The van der Waals surface area contributed by atoms with E-state index in [9.17, 15) is 9.90 Å². The second-order valence-electron chi connectivity index (χ2n) is 7.17. The highest BCUT2D eigenvalue weighted by atomic mass is 16.3. The Morgan fingerprint density at radius 1 is 0.958 bits per heavy atom. The zero-order valence-electron chi connectivity index (χ0n) is 14.0. The summed E-state index contributed by atoms with van der Waals surface area (Å²) >= 11 is 0. The number of carbonyl (C=O) groups is 1. The highest BCUT2D eigenvalue weighted by Crippen LogP contribution is 2.45. The van der Waals surface area contributed by atoms with E-state index < -0.39 is 5.72 Å². The molecule has 0 spiro atoms. The third-order valence-corrected chi connectivity index (χ3v) is 5.63. The van der Waals surface area contributed by atoms with Gasteiger partial charge >= 0.3 is 0 Å². The van der Waals surface area contributed by atoms with Crippen molar-refractivity contribution in [2.45, 2.75) is 44.4 Å². The predicted molar refractivity (Wildman–Crippen MR) is 93.5 cm³/mol. The van der Waals surface area contributed by atoms with Gasteiger partial charge in [-0.3, -0.25) is 9.69 Å². The number of fused-ring (bicyclic) bond motifs is 1. The van der Waals surface area contributed by atoms with Gasteiger partial charge in [0.2, 0.25) is 0 Å². The maximum atomic E-state index is 13.1. The molecule has 2 aromatic carbocycles. The number of hydrogen-bond donors (Lipinski definition) is 1. The highest BCUT2D eigenvalue weighted by Gasteiger charge is 2.52. The predicted octanol–water partition coefficient (Wildman–Crippen LogP) is 3.91. The van der Waals surface area contributed by atoms with Gasteiger partial charge in [-0.05, 0) is 37.7 Å². The summed E-state index contributed by atoms with van der Waals surface area (Å²) < 4.78 is 0. The molecule has 1 aliphatic heterocycles. The van der Waals surface area contributed by atoms with E-state index >= 15 is 0 Å². The van der Waals surface area contributed by atoms with Crippen molar-refractivity contribution >= 4 is 5.91 Å². The number of nitrogens with zero attached hydrogens (tertiary/aromatic N) is 1. The largest absolute Gasteiger partial charge is 0.363 e. The summed E-state index contributed by atoms with van der Waals surface area (Å²) in [4.78, 5) is 14.9. The minimum absolute atomic E-state index is 0.0449. The zero-order chi connectivity index (χ0) is 16.7. The molecule has 1 aliphatic carbocycles. The van der Waals surface area contributed by atoms with Crippen LogP contribution in [0.1, 0.15) is 54.1 Å². The quantitative estimate of drug-likeness (QED) is 0.911. The van der Waals surface area contributed by atoms with Gasteiger partial charge in [-0.2, -0.15) is 0 Å². The molecule has 1 unspecified atom stereocenters. The SMILES string of the molecule is CC1CCC(N2C(=O)c3ccccc3C2(O)c2ccccc2)CC1. The number of hydrogen-bond acceptors (Lipinski definition) is 2. The third kappa shape index (κ3) is 2.19. The van der Waals surface area contributed by atoms with Crippen molar-refractivity contribution in [2.24, 2.45) is 5.92 Å². The van der Waals surface area contributed by atoms with E-state index in [1.54, 1.807) is 4.90 Å². The first-order chi connectivity index (χ1) is 11.6. The first-order valence-electron chi connectivity index (χ1n) is 8.83. The van der Waals surface area contributed by atoms with Crippen LogP contribution in [-0.4, -0.2) is 22.0 Å². The first kappa shape index (κ1) is 15.4. The molecule has 2 aromatic rings. The van der Waals surface area contributed by atoms with Crippen LogP contribution >= 0.6 is 0 Å². The highest BCUT2D eigenvalue weighted by molar-refractivity contribution is 6.00. The maximum Gasteiger partial charge on any atom is 0.257 e. The van der Waals surface area contributed by atoms with E-state index in [2.05, 4.69) is 6.92 Å². The number of rotatable bonds is 2. The van der Waals surface area contributed by atoms with Crippen molar-refractivity contribution in [2.75, 3.05) is 0 Å². The molecule has 3 nitrogen and oxygen atoms in total. The van der Waals surface area contributed by atoms with Crippen LogP contribution in [0.2, 0.25) is 0 Å². The number of benzene rings is 2. The summed E-state index contributed by atoms with van der Waals surface area (Å²) in [6.07, 6.45) is 4.12. The standard InChI is InChI=1S/C21H23NO2/c1-15-11-13-17(14-12-15)22-20(23)18-9-5-6-10-19(18)21(22,24)16-7-3-2-4-8-16/h2-10,15,17,24H,11-14H2,1H3. The summed E-state index contributed by atoms with van der Waals surface area (Å²) in [5, 5.41) is 11.8. The molecule has 124 valence electrons. The zero-order valence-corrected chi connectivity index (χ0v) is 14.0. The lowest BCUT2D eigenvalue weighted by Gasteiger charge is -2.42. The molecule has 1 saturated carbocycles. The normalized spacial score (nSPS) is 29.6. The topological polar surface area (TPSA) is 40.5 Å². The molecule has 4 rings (SSSR count). The van der Waals surface area contributed by atoms with Gasteiger partial charge in [0.25, 0.3) is 5.91 Å². The molecular formula is C21H23NO2. The van der Waals surface area contributed by atoms with E-state index in [0.717, 1.165) is 31.2 Å². The average molecular weight is 321 g/mol. The van der Waals surface area contributed by atoms with Gasteiger partial charge < -0.3 is 5.11 Å². The van der Waals surface area contributed by atoms with Crippen LogP contribution in [0.25, 0.3) is 0 Å². The minimum atomic E-state index is -1.36. The van der Waals surface area contributed by atoms with Gasteiger partial charge in [-0.25, -0.2) is 0 Å². The van der Waals surface area contributed by atoms with E-state index in [0.29, 0.717) is 17.0 Å². The smallest absolute Gasteiger partial charge is 0.257 e. The number of aliphatic hydroxyl groups is 1. The van der Waals surface area contributed by atoms with Gasteiger partial charge in [-0.1, -0.05) is 55.5 Å². The summed E-state index contributed by atoms with van der Waals surface area (Å²) in [5.41, 5.74) is 0.740. The summed E-state index contributed by atoms with van der Waals surface area (Å²) in [7, 11) is 0. The lowest BCUT2D eigenvalue weighted by molar-refractivity contribution is -0.0774. The Morgan fingerprint density at radius 2 is 1.58 bits per heavy atom. The molecule has 24 heavy (non-hydrogen) atoms. The van der Waals surface area contributed by atoms with Gasteiger partial charge in [0, 0.05) is 22.7 Å². The molecule has 3 heteroatoms. The van der Waals surface area contributed by atoms with E-state index in [-0.39, 0.29) is 11.9 Å². The van der Waals surface area contributed by atoms with Gasteiger partial charge in [-0.15, -0.1) is 0 Å². The Bertz CT molecular complexity index is 749. The number of carbonyl (C=O) groups excluding carboxylic acids is 1. The molecule has 0 radical (unpaired) electrons. The molecule has 2 aliphatic rings. The van der Waals surface area contributed by atoms with Crippen LogP contribution in [-0.2, 0) is 5.72 Å². The molecule has 0 bridgehead atoms. The molecule has 0 aromatic heterocycles. The maximum absolute atomic E-state index is 13.1. The summed E-state index contributed by atoms with van der Waals surface area (Å²) in [6.45, 7) is 2.26. The molecular weight excluding hydrogens is 298 g/mol. The van der Waals surface area contributed by atoms with Crippen molar-refractivity contribution in [3.05, 3.63) is 71.3 Å². The second kappa shape index (κ2) is 5.75. The Kier molecular flexibility index (Phi) is 3.69. The molecule has 1 heterocycles. The fourth-order valence-electron chi connectivity index (χ4n) is 4.28. The van der Waals surface area contributed by atoms with Gasteiger partial charge in [0.15, 0.2) is 5.72 Å². The Morgan fingerprint density at radius 3 is 2.29 bits per heavy atom. The van der Waals surface area contributed by atoms with Gasteiger partial charge in [0.1, 0.15) is 0 Å². The van der Waals surface area contributed by atoms with Crippen molar-refractivity contribution in [1.82, 2.24) is 4.90 Å². The lowest BCUT2D eigenvalue weighted by atomic mass is 9.85. The van der Waals surface area contributed by atoms with Gasteiger partial charge in [0.05, 0.1) is 0 Å². The molecule has 1 fully saturated rings. The van der Waals surface area contributed by atoms with E-state index in [1.165, 1.54) is 0 Å². The fourth-order valence-corrected chi connectivity index (χ4v) is 4.28. The Balaban J connectivity index is 1.84. The van der Waals surface area contributed by atoms with Crippen LogP contribution in [0.5, 0.6) is 0 Å². The summed E-state index contributed by atoms with van der Waals surface area (Å²) in [6, 6.07) is 17.2. The van der Waals surface area contributed by atoms with Crippen LogP contribution in [0.4, 0.5) is 0 Å². The van der Waals surface area contributed by atoms with Crippen LogP contribution in [0.3, 0.4) is 0 Å². The first-order valence-corrected chi connectivity index (χ1v) is 8.83. The lowest BCUT2D eigenvalue weighted by Crippen LogP contribution is -2.51. The number of amides is 1. The summed E-state index contributed by atoms with van der Waals surface area (Å²) in [5.74, 6) is 0.655. The molecule has 1 amide bonds. The monoisotopic (exact) mass is 321 g/mol. The average Bonchev–Trinajstić information content (AvgIpc) is 2.86. The molecule has 1 N–H and O–H groups in total. The van der Waals surface area contributed by atoms with E-state index in [4.69, 9.17) is 0 Å². The second-order valence-corrected chi connectivity index (χ2v) is 7.17. The minimum Gasteiger partial charge on any atom is -0.363 e. The van der Waals surface area contributed by atoms with Crippen LogP contribution < -0.4 is 0 Å². The van der Waals surface area contributed by atoms with Crippen LogP contribution in [0.15, 0.2) is 54.6 Å². The third-order valence-electron chi connectivity index (χ3n) is 5.63. The van der Waals surface area contributed by atoms with Crippen LogP contribution in [0, 0.1) is 5.92 Å². The van der Waals surface area contributed by atoms with Crippen molar-refractivity contribution < 1.29 is 9.90 Å². The van der Waals surface area contributed by atoms with Crippen molar-refractivity contribution in [3.63, 3.8) is 0 Å². The van der Waals surface area contributed by atoms with Crippen molar-refractivity contribution in [1.29, 1.82) is 0 Å². The van der Waals surface area contributed by atoms with E-state index in [1.807, 2.05) is 54.6 Å². The Hall–Kier alpha value is -2.13. The Labute approximate surface area is 142 Å². The molecule has 0 saturated heterocycles. The van der Waals surface area contributed by atoms with Crippen molar-refractivity contribution in [3.8, 4) is 0 Å².